The van der Waals surface area contributed by atoms with Crippen LogP contribution in [0.2, 0.25) is 0 Å². The minimum absolute atomic E-state index is 0.109. The molecule has 5 nitrogen and oxygen atoms in total. The van der Waals surface area contributed by atoms with Gasteiger partial charge in [0.05, 0.1) is 0 Å². The first-order valence-electron chi connectivity index (χ1n) is 7.53. The monoisotopic (exact) mass is 273 g/mol. The summed E-state index contributed by atoms with van der Waals surface area (Å²) in [5.74, 6) is 1.06. The van der Waals surface area contributed by atoms with Crippen LogP contribution in [0, 0.1) is 5.41 Å². The van der Waals surface area contributed by atoms with Crippen molar-refractivity contribution in [2.24, 2.45) is 5.73 Å². The number of piperazine rings is 1. The van der Waals surface area contributed by atoms with Crippen LogP contribution < -0.4 is 10.6 Å². The van der Waals surface area contributed by atoms with Gasteiger partial charge in [0.15, 0.2) is 0 Å². The van der Waals surface area contributed by atoms with E-state index in [1.807, 2.05) is 6.07 Å². The fourth-order valence-electron chi connectivity index (χ4n) is 3.34. The zero-order valence-electron chi connectivity index (χ0n) is 11.9. The van der Waals surface area contributed by atoms with E-state index in [0.29, 0.717) is 0 Å². The summed E-state index contributed by atoms with van der Waals surface area (Å²) in [7, 11) is 0. The van der Waals surface area contributed by atoms with Gasteiger partial charge in [0.1, 0.15) is 11.7 Å². The first-order valence-corrected chi connectivity index (χ1v) is 7.53. The molecule has 1 aromatic heterocycles. The second kappa shape index (κ2) is 5.79. The Morgan fingerprint density at radius 2 is 1.90 bits per heavy atom. The maximum absolute atomic E-state index is 7.51. The third-order valence-corrected chi connectivity index (χ3v) is 4.54. The molecule has 0 bridgehead atoms. The Kier molecular flexibility index (Phi) is 3.87. The minimum Gasteiger partial charge on any atom is -0.384 e. The third-order valence-electron chi connectivity index (χ3n) is 4.54. The van der Waals surface area contributed by atoms with Crippen LogP contribution in [0.15, 0.2) is 18.3 Å². The van der Waals surface area contributed by atoms with Gasteiger partial charge in [0, 0.05) is 44.0 Å². The van der Waals surface area contributed by atoms with Crippen LogP contribution in [-0.4, -0.2) is 47.9 Å². The molecule has 3 rings (SSSR count). The summed E-state index contributed by atoms with van der Waals surface area (Å²) >= 11 is 0. The van der Waals surface area contributed by atoms with Crippen LogP contribution >= 0.6 is 0 Å². The van der Waals surface area contributed by atoms with Gasteiger partial charge in [0.25, 0.3) is 0 Å². The first kappa shape index (κ1) is 13.4. The maximum Gasteiger partial charge on any atom is 0.129 e. The number of nitrogen functional groups attached to an aromatic ring is 1. The fourth-order valence-corrected chi connectivity index (χ4v) is 3.34. The SMILES string of the molecule is N=C(N)c1ccnc(N2CCN(C3CCCC3)CC2)c1. The molecule has 1 aromatic rings. The molecule has 0 amide bonds. The lowest BCUT2D eigenvalue weighted by molar-refractivity contribution is 0.187. The largest absolute Gasteiger partial charge is 0.384 e. The number of anilines is 1. The fraction of sp³-hybridized carbons (Fsp3) is 0.600. The zero-order chi connectivity index (χ0) is 13.9. The second-order valence-corrected chi connectivity index (χ2v) is 5.78. The highest BCUT2D eigenvalue weighted by atomic mass is 15.3. The van der Waals surface area contributed by atoms with Crippen LogP contribution in [0.3, 0.4) is 0 Å². The molecule has 0 atom stereocenters. The summed E-state index contributed by atoms with van der Waals surface area (Å²) in [5.41, 5.74) is 6.30. The predicted octanol–water partition coefficient (Wildman–Crippen LogP) is 1.43. The number of nitrogens with zero attached hydrogens (tertiary/aromatic N) is 3. The minimum atomic E-state index is 0.109. The molecular formula is C15H23N5. The smallest absolute Gasteiger partial charge is 0.129 e. The number of pyridine rings is 1. The van der Waals surface area contributed by atoms with Crippen molar-refractivity contribution in [2.75, 3.05) is 31.1 Å². The topological polar surface area (TPSA) is 69.2 Å². The molecule has 0 aromatic carbocycles. The Labute approximate surface area is 120 Å². The van der Waals surface area contributed by atoms with Gasteiger partial charge in [-0.3, -0.25) is 10.3 Å². The number of nitrogens with two attached hydrogens (primary N) is 1. The molecule has 108 valence electrons. The summed E-state index contributed by atoms with van der Waals surface area (Å²) in [6, 6.07) is 4.53. The van der Waals surface area contributed by atoms with Crippen molar-refractivity contribution in [2.45, 2.75) is 31.7 Å². The highest BCUT2D eigenvalue weighted by Gasteiger charge is 2.26. The molecule has 0 spiro atoms. The summed E-state index contributed by atoms with van der Waals surface area (Å²) in [5, 5.41) is 7.51. The van der Waals surface area contributed by atoms with Gasteiger partial charge in [-0.25, -0.2) is 4.98 Å². The van der Waals surface area contributed by atoms with Crippen molar-refractivity contribution < 1.29 is 0 Å². The molecule has 2 heterocycles. The van der Waals surface area contributed by atoms with Crippen molar-refractivity contribution in [1.82, 2.24) is 9.88 Å². The standard InChI is InChI=1S/C15H23N5/c16-15(17)12-5-6-18-14(11-12)20-9-7-19(8-10-20)13-3-1-2-4-13/h5-6,11,13H,1-4,7-10H2,(H3,16,17). The normalized spacial score (nSPS) is 21.3. The summed E-state index contributed by atoms with van der Waals surface area (Å²) in [6.07, 6.45) is 7.28. The molecule has 3 N–H and O–H groups in total. The average Bonchev–Trinajstić information content (AvgIpc) is 3.02. The van der Waals surface area contributed by atoms with E-state index in [4.69, 9.17) is 11.1 Å². The van der Waals surface area contributed by atoms with Crippen molar-refractivity contribution in [3.63, 3.8) is 0 Å². The third kappa shape index (κ3) is 2.77. The van der Waals surface area contributed by atoms with Crippen LogP contribution in [0.5, 0.6) is 0 Å². The van der Waals surface area contributed by atoms with Crippen molar-refractivity contribution in [3.05, 3.63) is 23.9 Å². The molecule has 20 heavy (non-hydrogen) atoms. The van der Waals surface area contributed by atoms with Gasteiger partial charge in [-0.05, 0) is 25.0 Å². The Bertz CT molecular complexity index is 473. The first-order chi connectivity index (χ1) is 9.74. The van der Waals surface area contributed by atoms with Crippen molar-refractivity contribution in [1.29, 1.82) is 5.41 Å². The van der Waals surface area contributed by atoms with Crippen molar-refractivity contribution >= 4 is 11.7 Å². The lowest BCUT2D eigenvalue weighted by atomic mass is 10.1. The van der Waals surface area contributed by atoms with Crippen molar-refractivity contribution in [3.8, 4) is 0 Å². The van der Waals surface area contributed by atoms with Crippen LogP contribution in [0.1, 0.15) is 31.2 Å². The molecule has 2 aliphatic rings. The number of hydrogen-bond donors (Lipinski definition) is 2. The van der Waals surface area contributed by atoms with E-state index in [2.05, 4.69) is 14.8 Å². The number of amidine groups is 1. The van der Waals surface area contributed by atoms with E-state index in [1.54, 1.807) is 12.3 Å². The predicted molar refractivity (Wildman–Crippen MR) is 81.3 cm³/mol. The highest BCUT2D eigenvalue weighted by molar-refractivity contribution is 5.95. The maximum atomic E-state index is 7.51. The van der Waals surface area contributed by atoms with Gasteiger partial charge < -0.3 is 10.6 Å². The Morgan fingerprint density at radius 3 is 2.55 bits per heavy atom. The second-order valence-electron chi connectivity index (χ2n) is 5.78. The quantitative estimate of drug-likeness (QED) is 0.646. The lowest BCUT2D eigenvalue weighted by Crippen LogP contribution is -2.50. The van der Waals surface area contributed by atoms with E-state index in [9.17, 15) is 0 Å². The summed E-state index contributed by atoms with van der Waals surface area (Å²) < 4.78 is 0. The van der Waals surface area contributed by atoms with E-state index in [-0.39, 0.29) is 5.84 Å². The van der Waals surface area contributed by atoms with E-state index in [1.165, 1.54) is 25.7 Å². The Morgan fingerprint density at radius 1 is 1.20 bits per heavy atom. The molecule has 0 radical (unpaired) electrons. The van der Waals surface area contributed by atoms with E-state index in [0.717, 1.165) is 43.6 Å². The molecule has 2 fully saturated rings. The molecule has 1 saturated carbocycles. The molecule has 1 saturated heterocycles. The van der Waals surface area contributed by atoms with Gasteiger partial charge in [-0.2, -0.15) is 0 Å². The number of nitrogens with one attached hydrogen (secondary N) is 1. The van der Waals surface area contributed by atoms with Gasteiger partial charge >= 0.3 is 0 Å². The summed E-state index contributed by atoms with van der Waals surface area (Å²) in [6.45, 7) is 4.28. The molecular weight excluding hydrogens is 250 g/mol. The van der Waals surface area contributed by atoms with Gasteiger partial charge in [0.2, 0.25) is 0 Å². The number of aromatic nitrogens is 1. The van der Waals surface area contributed by atoms with E-state index >= 15 is 0 Å². The lowest BCUT2D eigenvalue weighted by Gasteiger charge is -2.38. The molecule has 5 heteroatoms. The summed E-state index contributed by atoms with van der Waals surface area (Å²) in [4.78, 5) is 9.36. The van der Waals surface area contributed by atoms with Gasteiger partial charge in [-0.1, -0.05) is 12.8 Å². The zero-order valence-corrected chi connectivity index (χ0v) is 11.9. The Balaban J connectivity index is 1.62. The number of rotatable bonds is 3. The molecule has 0 unspecified atom stereocenters. The van der Waals surface area contributed by atoms with E-state index < -0.39 is 0 Å². The average molecular weight is 273 g/mol. The van der Waals surface area contributed by atoms with Gasteiger partial charge in [-0.15, -0.1) is 0 Å². The Hall–Kier alpha value is -1.62. The molecule has 1 aliphatic heterocycles. The highest BCUT2D eigenvalue weighted by Crippen LogP contribution is 2.25. The van der Waals surface area contributed by atoms with Crippen LogP contribution in [0.4, 0.5) is 5.82 Å². The number of hydrogen-bond acceptors (Lipinski definition) is 4. The van der Waals surface area contributed by atoms with Crippen LogP contribution in [-0.2, 0) is 0 Å². The van der Waals surface area contributed by atoms with Crippen LogP contribution in [0.25, 0.3) is 0 Å². The molecule has 1 aliphatic carbocycles.